The molecule has 7 nitrogen and oxygen atoms in total. The number of hydrogen-bond acceptors (Lipinski definition) is 7. The summed E-state index contributed by atoms with van der Waals surface area (Å²) < 4.78 is 16.0. The predicted molar refractivity (Wildman–Crippen MR) is 83.8 cm³/mol. The molecule has 0 N–H and O–H groups in total. The minimum absolute atomic E-state index is 0.194. The fourth-order valence-electron chi connectivity index (χ4n) is 2.16. The Morgan fingerprint density at radius 1 is 0.917 bits per heavy atom. The largest absolute Gasteiger partial charge is 0.484 e. The lowest BCUT2D eigenvalue weighted by atomic mass is 10.2. The molecule has 0 aliphatic carbocycles. The normalized spacial score (nSPS) is 10.7. The van der Waals surface area contributed by atoms with Crippen LogP contribution in [0, 0.1) is 0 Å². The second-order valence-electron chi connectivity index (χ2n) is 4.93. The zero-order chi connectivity index (χ0) is 16.2. The Morgan fingerprint density at radius 2 is 1.75 bits per heavy atom. The van der Waals surface area contributed by atoms with Crippen LogP contribution in [0.2, 0.25) is 0 Å². The van der Waals surface area contributed by atoms with Crippen molar-refractivity contribution in [2.75, 3.05) is 0 Å². The third-order valence-corrected chi connectivity index (χ3v) is 3.32. The van der Waals surface area contributed by atoms with Crippen LogP contribution in [-0.4, -0.2) is 20.3 Å². The maximum Gasteiger partial charge on any atom is 0.264 e. The van der Waals surface area contributed by atoms with Gasteiger partial charge in [-0.15, -0.1) is 10.2 Å². The van der Waals surface area contributed by atoms with Crippen molar-refractivity contribution in [3.63, 3.8) is 0 Å². The standard InChI is InChI=1S/C17H12N4O3/c1-2-4-12(5-3-1)16-19-15(24-21-16)10-22-14-8-6-13(7-9-14)17-20-18-11-23-17/h1-9,11H,10H2. The summed E-state index contributed by atoms with van der Waals surface area (Å²) in [6, 6.07) is 16.9. The number of benzene rings is 2. The molecular formula is C17H12N4O3. The van der Waals surface area contributed by atoms with E-state index < -0.39 is 0 Å². The highest BCUT2D eigenvalue weighted by atomic mass is 16.5. The molecule has 118 valence electrons. The zero-order valence-electron chi connectivity index (χ0n) is 12.5. The molecule has 0 aliphatic heterocycles. The van der Waals surface area contributed by atoms with Gasteiger partial charge in [0, 0.05) is 11.1 Å². The Balaban J connectivity index is 1.41. The molecule has 0 fully saturated rings. The van der Waals surface area contributed by atoms with Gasteiger partial charge in [-0.2, -0.15) is 4.98 Å². The van der Waals surface area contributed by atoms with Crippen LogP contribution in [0.1, 0.15) is 5.89 Å². The third-order valence-electron chi connectivity index (χ3n) is 3.32. The van der Waals surface area contributed by atoms with E-state index in [9.17, 15) is 0 Å². The van der Waals surface area contributed by atoms with E-state index in [0.29, 0.717) is 23.4 Å². The van der Waals surface area contributed by atoms with E-state index in [-0.39, 0.29) is 6.61 Å². The van der Waals surface area contributed by atoms with E-state index >= 15 is 0 Å². The second kappa shape index (κ2) is 6.33. The molecule has 7 heteroatoms. The fourth-order valence-corrected chi connectivity index (χ4v) is 2.16. The third kappa shape index (κ3) is 3.00. The van der Waals surface area contributed by atoms with E-state index in [1.165, 1.54) is 6.39 Å². The fraction of sp³-hybridized carbons (Fsp3) is 0.0588. The Hall–Kier alpha value is -3.48. The highest BCUT2D eigenvalue weighted by Gasteiger charge is 2.09. The molecule has 0 unspecified atom stereocenters. The first kappa shape index (κ1) is 14.1. The first-order valence-electron chi connectivity index (χ1n) is 7.26. The molecule has 0 spiro atoms. The average Bonchev–Trinajstić information content (AvgIpc) is 3.33. The van der Waals surface area contributed by atoms with Gasteiger partial charge in [0.25, 0.3) is 5.89 Å². The Kier molecular flexibility index (Phi) is 3.73. The number of aromatic nitrogens is 4. The van der Waals surface area contributed by atoms with E-state index in [1.807, 2.05) is 54.6 Å². The van der Waals surface area contributed by atoms with Crippen LogP contribution in [-0.2, 0) is 6.61 Å². The molecular weight excluding hydrogens is 308 g/mol. The first-order valence-corrected chi connectivity index (χ1v) is 7.26. The number of rotatable bonds is 5. The van der Waals surface area contributed by atoms with E-state index in [0.717, 1.165) is 11.1 Å². The number of hydrogen-bond donors (Lipinski definition) is 0. The van der Waals surface area contributed by atoms with Crippen LogP contribution in [0.4, 0.5) is 0 Å². The summed E-state index contributed by atoms with van der Waals surface area (Å²) in [5.74, 6) is 2.10. The van der Waals surface area contributed by atoms with Crippen molar-refractivity contribution in [1.82, 2.24) is 20.3 Å². The minimum Gasteiger partial charge on any atom is -0.484 e. The lowest BCUT2D eigenvalue weighted by Crippen LogP contribution is -1.95. The molecule has 0 aliphatic rings. The predicted octanol–water partition coefficient (Wildman–Crippen LogP) is 3.37. The number of ether oxygens (including phenoxy) is 1. The van der Waals surface area contributed by atoms with Crippen LogP contribution in [0.25, 0.3) is 22.8 Å². The molecule has 4 rings (SSSR count). The topological polar surface area (TPSA) is 87.1 Å². The van der Waals surface area contributed by atoms with Crippen LogP contribution in [0.5, 0.6) is 5.75 Å². The van der Waals surface area contributed by atoms with Gasteiger partial charge in [-0.3, -0.25) is 0 Å². The summed E-state index contributed by atoms with van der Waals surface area (Å²) in [6.07, 6.45) is 1.29. The molecule has 2 aromatic carbocycles. The SMILES string of the molecule is c1ccc(-c2noc(COc3ccc(-c4nnco4)cc3)n2)cc1. The summed E-state index contributed by atoms with van der Waals surface area (Å²) in [4.78, 5) is 4.32. The molecule has 2 heterocycles. The molecule has 0 saturated carbocycles. The summed E-state index contributed by atoms with van der Waals surface area (Å²) in [5.41, 5.74) is 1.72. The smallest absolute Gasteiger partial charge is 0.264 e. The van der Waals surface area contributed by atoms with Gasteiger partial charge in [-0.1, -0.05) is 35.5 Å². The van der Waals surface area contributed by atoms with Gasteiger partial charge in [0.05, 0.1) is 0 Å². The van der Waals surface area contributed by atoms with Crippen molar-refractivity contribution >= 4 is 0 Å². The molecule has 0 saturated heterocycles. The average molecular weight is 320 g/mol. The molecule has 0 amide bonds. The summed E-state index contributed by atoms with van der Waals surface area (Å²) >= 11 is 0. The molecule has 0 bridgehead atoms. The van der Waals surface area contributed by atoms with Gasteiger partial charge in [0.2, 0.25) is 18.1 Å². The van der Waals surface area contributed by atoms with Crippen molar-refractivity contribution in [3.05, 3.63) is 66.9 Å². The Labute approximate surface area is 136 Å². The van der Waals surface area contributed by atoms with E-state index in [2.05, 4.69) is 20.3 Å². The van der Waals surface area contributed by atoms with Crippen molar-refractivity contribution in [2.24, 2.45) is 0 Å². The van der Waals surface area contributed by atoms with Gasteiger partial charge in [-0.25, -0.2) is 0 Å². The van der Waals surface area contributed by atoms with Gasteiger partial charge >= 0.3 is 0 Å². The summed E-state index contributed by atoms with van der Waals surface area (Å²) in [5, 5.41) is 11.5. The maximum atomic E-state index is 5.65. The zero-order valence-corrected chi connectivity index (χ0v) is 12.5. The van der Waals surface area contributed by atoms with Crippen LogP contribution in [0.15, 0.2) is 69.9 Å². The maximum absolute atomic E-state index is 5.65. The summed E-state index contributed by atoms with van der Waals surface area (Å²) in [6.45, 7) is 0.194. The van der Waals surface area contributed by atoms with E-state index in [1.54, 1.807) is 0 Å². The highest BCUT2D eigenvalue weighted by Crippen LogP contribution is 2.21. The molecule has 4 aromatic rings. The monoisotopic (exact) mass is 320 g/mol. The lowest BCUT2D eigenvalue weighted by molar-refractivity contribution is 0.243. The highest BCUT2D eigenvalue weighted by molar-refractivity contribution is 5.54. The van der Waals surface area contributed by atoms with Crippen molar-refractivity contribution in [3.8, 4) is 28.6 Å². The van der Waals surface area contributed by atoms with Crippen LogP contribution < -0.4 is 4.74 Å². The Bertz CT molecular complexity index is 903. The number of nitrogens with zero attached hydrogens (tertiary/aromatic N) is 4. The molecule has 0 radical (unpaired) electrons. The van der Waals surface area contributed by atoms with Gasteiger partial charge in [-0.05, 0) is 24.3 Å². The van der Waals surface area contributed by atoms with Crippen molar-refractivity contribution in [2.45, 2.75) is 6.61 Å². The van der Waals surface area contributed by atoms with Crippen LogP contribution >= 0.6 is 0 Å². The van der Waals surface area contributed by atoms with Crippen molar-refractivity contribution < 1.29 is 13.7 Å². The molecule has 0 atom stereocenters. The van der Waals surface area contributed by atoms with Gasteiger partial charge in [0.1, 0.15) is 5.75 Å². The van der Waals surface area contributed by atoms with Crippen LogP contribution in [0.3, 0.4) is 0 Å². The first-order chi connectivity index (χ1) is 11.9. The van der Waals surface area contributed by atoms with Crippen molar-refractivity contribution in [1.29, 1.82) is 0 Å². The Morgan fingerprint density at radius 3 is 2.50 bits per heavy atom. The summed E-state index contributed by atoms with van der Waals surface area (Å²) in [7, 11) is 0. The second-order valence-corrected chi connectivity index (χ2v) is 4.93. The van der Waals surface area contributed by atoms with E-state index in [4.69, 9.17) is 13.7 Å². The quantitative estimate of drug-likeness (QED) is 0.557. The molecule has 24 heavy (non-hydrogen) atoms. The van der Waals surface area contributed by atoms with Gasteiger partial charge < -0.3 is 13.7 Å². The lowest BCUT2D eigenvalue weighted by Gasteiger charge is -2.03. The minimum atomic E-state index is 0.194. The molecule has 2 aromatic heterocycles. The van der Waals surface area contributed by atoms with Gasteiger partial charge in [0.15, 0.2) is 6.61 Å².